The summed E-state index contributed by atoms with van der Waals surface area (Å²) in [7, 11) is 0. The molecule has 0 saturated carbocycles. The van der Waals surface area contributed by atoms with Gasteiger partial charge in [0.05, 0.1) is 5.52 Å². The Morgan fingerprint density at radius 2 is 1.93 bits per heavy atom. The van der Waals surface area contributed by atoms with Crippen LogP contribution in [0.1, 0.15) is 11.1 Å². The zero-order valence-electron chi connectivity index (χ0n) is 8.32. The molecule has 15 heavy (non-hydrogen) atoms. The van der Waals surface area contributed by atoms with Crippen LogP contribution in [-0.2, 0) is 0 Å². The Hall–Kier alpha value is -1.71. The highest BCUT2D eigenvalue weighted by atomic mass is 19.2. The summed E-state index contributed by atoms with van der Waals surface area (Å²) in [5, 5.41) is 0.186. The first-order chi connectivity index (χ1) is 7.02. The summed E-state index contributed by atoms with van der Waals surface area (Å²) in [6, 6.07) is 0.934. The molecule has 1 aromatic carbocycles. The predicted molar refractivity (Wildman–Crippen MR) is 54.0 cm³/mol. The summed E-state index contributed by atoms with van der Waals surface area (Å²) in [5.74, 6) is -1.90. The van der Waals surface area contributed by atoms with E-state index < -0.39 is 11.6 Å². The summed E-state index contributed by atoms with van der Waals surface area (Å²) < 4.78 is 26.3. The number of nitrogens with one attached hydrogen (secondary N) is 1. The second-order valence-corrected chi connectivity index (χ2v) is 3.52. The Balaban J connectivity index is 3.05. The molecule has 0 saturated heterocycles. The lowest BCUT2D eigenvalue weighted by Crippen LogP contribution is -2.08. The first-order valence-electron chi connectivity index (χ1n) is 4.49. The van der Waals surface area contributed by atoms with Crippen LogP contribution in [0.4, 0.5) is 8.78 Å². The number of fused-ring (bicyclic) bond motifs is 1. The quantitative estimate of drug-likeness (QED) is 0.710. The fourth-order valence-electron chi connectivity index (χ4n) is 1.58. The minimum atomic E-state index is -0.990. The molecule has 1 aromatic heterocycles. The average Bonchev–Trinajstić information content (AvgIpc) is 2.21. The molecule has 0 aliphatic carbocycles. The van der Waals surface area contributed by atoms with Gasteiger partial charge in [-0.2, -0.15) is 0 Å². The maximum Gasteiger partial charge on any atom is 0.192 e. The van der Waals surface area contributed by atoms with E-state index in [0.29, 0.717) is 11.1 Å². The molecule has 0 aliphatic rings. The standard InChI is InChI=1S/C11H9F2NO/c1-5-4-14-10-6(2)9(13)8(12)3-7(10)11(5)15/h3-4H,1-2H3,(H,14,15). The van der Waals surface area contributed by atoms with Gasteiger partial charge in [0.1, 0.15) is 0 Å². The maximum absolute atomic E-state index is 13.2. The summed E-state index contributed by atoms with van der Waals surface area (Å²) >= 11 is 0. The molecule has 1 heterocycles. The van der Waals surface area contributed by atoms with Crippen molar-refractivity contribution in [3.8, 4) is 0 Å². The lowest BCUT2D eigenvalue weighted by Gasteiger charge is -2.04. The fourth-order valence-corrected chi connectivity index (χ4v) is 1.58. The van der Waals surface area contributed by atoms with Gasteiger partial charge in [0, 0.05) is 22.7 Å². The van der Waals surface area contributed by atoms with Crippen molar-refractivity contribution in [2.24, 2.45) is 0 Å². The molecule has 4 heteroatoms. The van der Waals surface area contributed by atoms with E-state index in [1.54, 1.807) is 6.92 Å². The highest BCUT2D eigenvalue weighted by Crippen LogP contribution is 2.19. The molecular weight excluding hydrogens is 200 g/mol. The van der Waals surface area contributed by atoms with Gasteiger partial charge in [0.25, 0.3) is 0 Å². The Morgan fingerprint density at radius 3 is 2.60 bits per heavy atom. The van der Waals surface area contributed by atoms with Crippen molar-refractivity contribution in [1.29, 1.82) is 0 Å². The van der Waals surface area contributed by atoms with Crippen molar-refractivity contribution in [3.05, 3.63) is 45.2 Å². The van der Waals surface area contributed by atoms with Crippen LogP contribution < -0.4 is 5.43 Å². The Labute approximate surface area is 84.6 Å². The van der Waals surface area contributed by atoms with Gasteiger partial charge in [0.2, 0.25) is 0 Å². The van der Waals surface area contributed by atoms with Gasteiger partial charge in [-0.3, -0.25) is 4.79 Å². The van der Waals surface area contributed by atoms with Crippen LogP contribution in [0.3, 0.4) is 0 Å². The Kier molecular flexibility index (Phi) is 2.07. The van der Waals surface area contributed by atoms with Crippen LogP contribution in [0.2, 0.25) is 0 Å². The number of H-pyrrole nitrogens is 1. The second kappa shape index (κ2) is 3.15. The SMILES string of the molecule is Cc1c[nH]c2c(C)c(F)c(F)cc2c1=O. The number of hydrogen-bond acceptors (Lipinski definition) is 1. The zero-order valence-corrected chi connectivity index (χ0v) is 8.32. The van der Waals surface area contributed by atoms with E-state index in [2.05, 4.69) is 4.98 Å². The molecule has 2 aromatic rings. The van der Waals surface area contributed by atoms with Crippen molar-refractivity contribution in [2.75, 3.05) is 0 Å². The molecule has 0 aliphatic heterocycles. The number of aryl methyl sites for hydroxylation is 2. The van der Waals surface area contributed by atoms with E-state index in [-0.39, 0.29) is 16.4 Å². The lowest BCUT2D eigenvalue weighted by atomic mass is 10.1. The lowest BCUT2D eigenvalue weighted by molar-refractivity contribution is 0.505. The van der Waals surface area contributed by atoms with Crippen molar-refractivity contribution in [3.63, 3.8) is 0 Å². The van der Waals surface area contributed by atoms with Gasteiger partial charge >= 0.3 is 0 Å². The van der Waals surface area contributed by atoms with E-state index in [4.69, 9.17) is 0 Å². The van der Waals surface area contributed by atoms with E-state index in [1.807, 2.05) is 0 Å². The topological polar surface area (TPSA) is 32.9 Å². The van der Waals surface area contributed by atoms with Gasteiger partial charge in [-0.25, -0.2) is 8.78 Å². The van der Waals surface area contributed by atoms with Gasteiger partial charge in [-0.15, -0.1) is 0 Å². The fraction of sp³-hybridized carbons (Fsp3) is 0.182. The molecule has 0 unspecified atom stereocenters. The van der Waals surface area contributed by atoms with Crippen LogP contribution in [0.25, 0.3) is 10.9 Å². The Bertz CT molecular complexity index is 602. The van der Waals surface area contributed by atoms with Crippen LogP contribution in [-0.4, -0.2) is 4.98 Å². The minimum absolute atomic E-state index is 0.127. The maximum atomic E-state index is 13.2. The van der Waals surface area contributed by atoms with Gasteiger partial charge in [0.15, 0.2) is 17.1 Å². The van der Waals surface area contributed by atoms with E-state index in [9.17, 15) is 13.6 Å². The third kappa shape index (κ3) is 1.33. The highest BCUT2D eigenvalue weighted by Gasteiger charge is 2.12. The summed E-state index contributed by atoms with van der Waals surface area (Å²) in [4.78, 5) is 14.4. The van der Waals surface area contributed by atoms with E-state index in [0.717, 1.165) is 6.07 Å². The Morgan fingerprint density at radius 1 is 1.27 bits per heavy atom. The number of rotatable bonds is 0. The molecule has 2 rings (SSSR count). The van der Waals surface area contributed by atoms with Crippen molar-refractivity contribution >= 4 is 10.9 Å². The van der Waals surface area contributed by atoms with Gasteiger partial charge in [-0.05, 0) is 19.9 Å². The molecule has 0 fully saturated rings. The summed E-state index contributed by atoms with van der Waals surface area (Å²) in [6.07, 6.45) is 1.50. The summed E-state index contributed by atoms with van der Waals surface area (Å²) in [5.41, 5.74) is 0.685. The molecule has 2 nitrogen and oxygen atoms in total. The first-order valence-corrected chi connectivity index (χ1v) is 4.49. The first kappa shape index (κ1) is 9.83. The second-order valence-electron chi connectivity index (χ2n) is 3.52. The number of aromatic amines is 1. The summed E-state index contributed by atoms with van der Waals surface area (Å²) in [6.45, 7) is 3.06. The molecule has 0 atom stereocenters. The number of halogens is 2. The molecular formula is C11H9F2NO. The third-order valence-corrected chi connectivity index (χ3v) is 2.49. The average molecular weight is 209 g/mol. The predicted octanol–water partition coefficient (Wildman–Crippen LogP) is 2.42. The van der Waals surface area contributed by atoms with E-state index in [1.165, 1.54) is 13.1 Å². The smallest absolute Gasteiger partial charge is 0.192 e. The molecule has 0 spiro atoms. The van der Waals surface area contributed by atoms with Gasteiger partial charge < -0.3 is 4.98 Å². The van der Waals surface area contributed by atoms with E-state index >= 15 is 0 Å². The molecule has 1 N–H and O–H groups in total. The number of aromatic nitrogens is 1. The monoisotopic (exact) mass is 209 g/mol. The largest absolute Gasteiger partial charge is 0.360 e. The zero-order chi connectivity index (χ0) is 11.2. The number of pyridine rings is 1. The van der Waals surface area contributed by atoms with Crippen LogP contribution >= 0.6 is 0 Å². The number of hydrogen-bond donors (Lipinski definition) is 1. The van der Waals surface area contributed by atoms with Crippen LogP contribution in [0.5, 0.6) is 0 Å². The van der Waals surface area contributed by atoms with Crippen molar-refractivity contribution < 1.29 is 8.78 Å². The molecule has 0 radical (unpaired) electrons. The minimum Gasteiger partial charge on any atom is -0.360 e. The van der Waals surface area contributed by atoms with Gasteiger partial charge in [-0.1, -0.05) is 0 Å². The molecule has 0 bridgehead atoms. The van der Waals surface area contributed by atoms with Crippen LogP contribution in [0, 0.1) is 25.5 Å². The normalized spacial score (nSPS) is 10.9. The highest BCUT2D eigenvalue weighted by molar-refractivity contribution is 5.82. The third-order valence-electron chi connectivity index (χ3n) is 2.49. The molecule has 78 valence electrons. The van der Waals surface area contributed by atoms with Crippen molar-refractivity contribution in [1.82, 2.24) is 4.98 Å². The molecule has 0 amide bonds. The van der Waals surface area contributed by atoms with Crippen LogP contribution in [0.15, 0.2) is 17.1 Å². The van der Waals surface area contributed by atoms with Crippen molar-refractivity contribution in [2.45, 2.75) is 13.8 Å². The number of benzene rings is 1.